The number of nitriles is 2. The summed E-state index contributed by atoms with van der Waals surface area (Å²) in [6.45, 7) is -0.167. The molecule has 1 unspecified atom stereocenters. The van der Waals surface area contributed by atoms with Gasteiger partial charge in [0, 0.05) is 5.56 Å². The molecule has 0 fully saturated rings. The normalized spacial score (nSPS) is 14.1. The lowest BCUT2D eigenvalue weighted by Gasteiger charge is -2.26. The van der Waals surface area contributed by atoms with Crippen LogP contribution in [0.3, 0.4) is 0 Å². The first-order valence-corrected chi connectivity index (χ1v) is 9.68. The molecule has 2 aromatic carbocycles. The van der Waals surface area contributed by atoms with Crippen LogP contribution in [0.25, 0.3) is 0 Å². The lowest BCUT2D eigenvalue weighted by atomic mass is 9.94. The van der Waals surface area contributed by atoms with Crippen molar-refractivity contribution in [3.8, 4) is 18.0 Å². The SMILES string of the molecule is N#CNC1=NC(c2cccc(COc3ccc(F)c(F)c3F)c2)c2c(nc(N)c(C#N)c2N)N1. The number of hydrogen-bond donors (Lipinski definition) is 4. The van der Waals surface area contributed by atoms with Gasteiger partial charge < -0.3 is 21.5 Å². The maximum Gasteiger partial charge on any atom is 0.211 e. The molecule has 9 nitrogen and oxygen atoms in total. The van der Waals surface area contributed by atoms with Crippen molar-refractivity contribution >= 4 is 23.3 Å². The summed E-state index contributed by atoms with van der Waals surface area (Å²) >= 11 is 0. The molecule has 0 amide bonds. The predicted octanol–water partition coefficient (Wildman–Crippen LogP) is 3.06. The zero-order valence-electron chi connectivity index (χ0n) is 17.2. The molecule has 4 rings (SSSR count). The fourth-order valence-electron chi connectivity index (χ4n) is 3.46. The molecule has 6 N–H and O–H groups in total. The van der Waals surface area contributed by atoms with Crippen molar-refractivity contribution in [2.24, 2.45) is 4.99 Å². The fourth-order valence-corrected chi connectivity index (χ4v) is 3.46. The summed E-state index contributed by atoms with van der Waals surface area (Å²) in [6, 6.07) is 9.63. The van der Waals surface area contributed by atoms with Gasteiger partial charge in [0.15, 0.2) is 23.6 Å². The summed E-state index contributed by atoms with van der Waals surface area (Å²) in [4.78, 5) is 8.63. The van der Waals surface area contributed by atoms with Gasteiger partial charge in [-0.1, -0.05) is 18.2 Å². The third-order valence-electron chi connectivity index (χ3n) is 5.02. The molecule has 0 bridgehead atoms. The number of aromatic nitrogens is 1. The van der Waals surface area contributed by atoms with E-state index in [1.165, 1.54) is 0 Å². The van der Waals surface area contributed by atoms with Gasteiger partial charge in [-0.15, -0.1) is 0 Å². The fraction of sp³-hybridized carbons (Fsp3) is 0.0909. The predicted molar refractivity (Wildman–Crippen MR) is 117 cm³/mol. The van der Waals surface area contributed by atoms with E-state index < -0.39 is 29.2 Å². The lowest BCUT2D eigenvalue weighted by molar-refractivity contribution is 0.281. The topological polar surface area (TPSA) is 158 Å². The summed E-state index contributed by atoms with van der Waals surface area (Å²) in [7, 11) is 0. The van der Waals surface area contributed by atoms with E-state index in [0.717, 1.165) is 12.1 Å². The van der Waals surface area contributed by atoms with Crippen molar-refractivity contribution < 1.29 is 17.9 Å². The lowest BCUT2D eigenvalue weighted by Crippen LogP contribution is -2.32. The first kappa shape index (κ1) is 22.2. The number of rotatable bonds is 4. The van der Waals surface area contributed by atoms with Crippen LogP contribution >= 0.6 is 0 Å². The molecule has 34 heavy (non-hydrogen) atoms. The second-order valence-corrected chi connectivity index (χ2v) is 7.11. The second kappa shape index (κ2) is 8.88. The number of ether oxygens (including phenoxy) is 1. The number of anilines is 3. The van der Waals surface area contributed by atoms with Crippen LogP contribution in [0.5, 0.6) is 5.75 Å². The highest BCUT2D eigenvalue weighted by Crippen LogP contribution is 2.40. The molecule has 12 heteroatoms. The molecule has 3 aromatic rings. The Morgan fingerprint density at radius 2 is 1.91 bits per heavy atom. The zero-order chi connectivity index (χ0) is 24.4. The first-order chi connectivity index (χ1) is 16.3. The molecule has 0 radical (unpaired) electrons. The number of nitrogens with zero attached hydrogens (tertiary/aromatic N) is 4. The van der Waals surface area contributed by atoms with Gasteiger partial charge in [0.2, 0.25) is 11.8 Å². The Bertz CT molecular complexity index is 1410. The van der Waals surface area contributed by atoms with Crippen molar-refractivity contribution in [3.63, 3.8) is 0 Å². The highest BCUT2D eigenvalue weighted by molar-refractivity contribution is 5.98. The number of pyridine rings is 1. The van der Waals surface area contributed by atoms with E-state index in [1.54, 1.807) is 30.5 Å². The molecule has 1 aliphatic rings. The van der Waals surface area contributed by atoms with Crippen molar-refractivity contribution in [3.05, 3.63) is 76.1 Å². The molecule has 0 saturated carbocycles. The number of guanidine groups is 1. The van der Waals surface area contributed by atoms with Crippen molar-refractivity contribution in [2.75, 3.05) is 16.8 Å². The average Bonchev–Trinajstić information content (AvgIpc) is 2.82. The van der Waals surface area contributed by atoms with Gasteiger partial charge in [0.05, 0.1) is 5.69 Å². The minimum absolute atomic E-state index is 0.00857. The molecule has 0 saturated heterocycles. The first-order valence-electron chi connectivity index (χ1n) is 9.68. The van der Waals surface area contributed by atoms with E-state index in [9.17, 15) is 18.4 Å². The van der Waals surface area contributed by atoms with Crippen molar-refractivity contribution in [1.82, 2.24) is 10.3 Å². The summed E-state index contributed by atoms with van der Waals surface area (Å²) in [5, 5.41) is 23.6. The quantitative estimate of drug-likeness (QED) is 0.261. The molecule has 2 heterocycles. The Hall–Kier alpha value is -4.97. The van der Waals surface area contributed by atoms with E-state index in [1.807, 2.05) is 6.07 Å². The third kappa shape index (κ3) is 3.96. The Morgan fingerprint density at radius 3 is 2.65 bits per heavy atom. The molecule has 1 atom stereocenters. The zero-order valence-corrected chi connectivity index (χ0v) is 17.2. The Labute approximate surface area is 191 Å². The average molecular weight is 464 g/mol. The second-order valence-electron chi connectivity index (χ2n) is 7.11. The van der Waals surface area contributed by atoms with E-state index in [0.29, 0.717) is 16.7 Å². The number of hydrogen-bond acceptors (Lipinski definition) is 9. The Balaban J connectivity index is 1.71. The molecular weight excluding hydrogens is 449 g/mol. The summed E-state index contributed by atoms with van der Waals surface area (Å²) < 4.78 is 45.8. The van der Waals surface area contributed by atoms with E-state index >= 15 is 0 Å². The molecule has 170 valence electrons. The van der Waals surface area contributed by atoms with Gasteiger partial charge >= 0.3 is 0 Å². The number of nitrogens with two attached hydrogens (primary N) is 2. The number of halogens is 3. The maximum absolute atomic E-state index is 13.9. The van der Waals surface area contributed by atoms with E-state index in [2.05, 4.69) is 20.6 Å². The molecular formula is C22H15F3N8O. The van der Waals surface area contributed by atoms with Gasteiger partial charge in [0.1, 0.15) is 35.9 Å². The minimum Gasteiger partial charge on any atom is -0.486 e. The smallest absolute Gasteiger partial charge is 0.211 e. The van der Waals surface area contributed by atoms with Crippen LogP contribution in [0, 0.1) is 40.2 Å². The summed E-state index contributed by atoms with van der Waals surface area (Å²) in [6.07, 6.45) is 1.76. The Morgan fingerprint density at radius 1 is 1.12 bits per heavy atom. The highest BCUT2D eigenvalue weighted by atomic mass is 19.2. The standard InChI is InChI=1S/C22H15F3N8O/c23-13-4-5-14(17(25)16(13)24)34-8-10-2-1-3-11(6-10)19-15-18(28)12(7-26)20(29)32-21(15)33-22(31-19)30-9-27/h1-6,19H,8H2,(H6,28,29,30,31,32,33). The van der Waals surface area contributed by atoms with Crippen LogP contribution in [0.15, 0.2) is 41.4 Å². The van der Waals surface area contributed by atoms with Crippen LogP contribution in [0.4, 0.5) is 30.5 Å². The van der Waals surface area contributed by atoms with Gasteiger partial charge in [-0.25, -0.2) is 18.8 Å². The molecule has 1 aromatic heterocycles. The number of nitrogen functional groups attached to an aromatic ring is 2. The van der Waals surface area contributed by atoms with Crippen LogP contribution in [-0.4, -0.2) is 10.9 Å². The molecule has 0 spiro atoms. The largest absolute Gasteiger partial charge is 0.486 e. The van der Waals surface area contributed by atoms with Crippen LogP contribution in [0.2, 0.25) is 0 Å². The van der Waals surface area contributed by atoms with Crippen molar-refractivity contribution in [2.45, 2.75) is 12.6 Å². The third-order valence-corrected chi connectivity index (χ3v) is 5.02. The number of benzene rings is 2. The van der Waals surface area contributed by atoms with Gasteiger partial charge in [-0.3, -0.25) is 5.32 Å². The number of fused-ring (bicyclic) bond motifs is 1. The number of nitrogens with one attached hydrogen (secondary N) is 2. The highest BCUT2D eigenvalue weighted by Gasteiger charge is 2.29. The molecule has 0 aliphatic carbocycles. The van der Waals surface area contributed by atoms with E-state index in [4.69, 9.17) is 21.5 Å². The minimum atomic E-state index is -1.63. The van der Waals surface area contributed by atoms with Crippen molar-refractivity contribution in [1.29, 1.82) is 10.5 Å². The monoisotopic (exact) mass is 464 g/mol. The summed E-state index contributed by atoms with van der Waals surface area (Å²) in [5.74, 6) is -4.60. The van der Waals surface area contributed by atoms with Gasteiger partial charge in [-0.2, -0.15) is 14.9 Å². The van der Waals surface area contributed by atoms with Crippen LogP contribution in [-0.2, 0) is 6.61 Å². The maximum atomic E-state index is 13.9. The van der Waals surface area contributed by atoms with Crippen LogP contribution < -0.4 is 26.8 Å². The van der Waals surface area contributed by atoms with Gasteiger partial charge in [0.25, 0.3) is 0 Å². The Kier molecular flexibility index (Phi) is 5.80. The number of aliphatic imine (C=N–C) groups is 1. The van der Waals surface area contributed by atoms with Gasteiger partial charge in [-0.05, 0) is 29.3 Å². The van der Waals surface area contributed by atoms with E-state index in [-0.39, 0.29) is 35.5 Å². The van der Waals surface area contributed by atoms with Crippen LogP contribution in [0.1, 0.15) is 28.3 Å². The summed E-state index contributed by atoms with van der Waals surface area (Å²) in [5.41, 5.74) is 13.6. The molecule has 1 aliphatic heterocycles.